The van der Waals surface area contributed by atoms with Gasteiger partial charge in [-0.3, -0.25) is 0 Å². The van der Waals surface area contributed by atoms with Crippen LogP contribution in [0.2, 0.25) is 0 Å². The molecule has 9 nitrogen and oxygen atoms in total. The van der Waals surface area contributed by atoms with Crippen LogP contribution in [-0.4, -0.2) is 53.7 Å². The SMILES string of the molecule is CNS(=O)(=O)c1cc(Nc2ncnc3cc(OC)cc(OC)c23)c(N(C)C)cc1F. The van der Waals surface area contributed by atoms with Crippen molar-refractivity contribution in [2.75, 3.05) is 45.6 Å². The van der Waals surface area contributed by atoms with Gasteiger partial charge in [-0.2, -0.15) is 0 Å². The molecule has 160 valence electrons. The zero-order valence-electron chi connectivity index (χ0n) is 17.1. The third kappa shape index (κ3) is 3.94. The van der Waals surface area contributed by atoms with Crippen molar-refractivity contribution < 1.29 is 22.3 Å². The summed E-state index contributed by atoms with van der Waals surface area (Å²) in [5.41, 5.74) is 1.33. The van der Waals surface area contributed by atoms with Crippen LogP contribution in [0.25, 0.3) is 10.9 Å². The second-order valence-corrected chi connectivity index (χ2v) is 8.33. The highest BCUT2D eigenvalue weighted by Crippen LogP contribution is 2.38. The van der Waals surface area contributed by atoms with Crippen molar-refractivity contribution >= 4 is 38.1 Å². The average Bonchev–Trinajstić information content (AvgIpc) is 2.73. The van der Waals surface area contributed by atoms with Crippen molar-refractivity contribution in [3.8, 4) is 11.5 Å². The van der Waals surface area contributed by atoms with Gasteiger partial charge in [0, 0.05) is 32.3 Å². The van der Waals surface area contributed by atoms with Crippen molar-refractivity contribution in [2.45, 2.75) is 4.90 Å². The van der Waals surface area contributed by atoms with Gasteiger partial charge in [-0.1, -0.05) is 0 Å². The van der Waals surface area contributed by atoms with Gasteiger partial charge in [0.05, 0.1) is 36.5 Å². The molecule has 30 heavy (non-hydrogen) atoms. The zero-order valence-corrected chi connectivity index (χ0v) is 18.0. The monoisotopic (exact) mass is 435 g/mol. The molecule has 2 aromatic carbocycles. The number of methoxy groups -OCH3 is 2. The number of hydrogen-bond donors (Lipinski definition) is 2. The number of rotatable bonds is 7. The first kappa shape index (κ1) is 21.5. The van der Waals surface area contributed by atoms with E-state index in [1.807, 2.05) is 0 Å². The summed E-state index contributed by atoms with van der Waals surface area (Å²) in [5.74, 6) is 0.515. The Morgan fingerprint density at radius 3 is 2.40 bits per heavy atom. The molecule has 3 rings (SSSR count). The van der Waals surface area contributed by atoms with Crippen molar-refractivity contribution in [3.63, 3.8) is 0 Å². The summed E-state index contributed by atoms with van der Waals surface area (Å²) in [6, 6.07) is 5.78. The summed E-state index contributed by atoms with van der Waals surface area (Å²) in [4.78, 5) is 9.71. The highest BCUT2D eigenvalue weighted by Gasteiger charge is 2.22. The summed E-state index contributed by atoms with van der Waals surface area (Å²) in [6.07, 6.45) is 1.35. The van der Waals surface area contributed by atoms with Crippen LogP contribution >= 0.6 is 0 Å². The molecule has 0 bridgehead atoms. The fourth-order valence-corrected chi connectivity index (χ4v) is 3.77. The van der Waals surface area contributed by atoms with Crippen LogP contribution in [0.15, 0.2) is 35.5 Å². The van der Waals surface area contributed by atoms with Gasteiger partial charge < -0.3 is 19.7 Å². The fraction of sp³-hybridized carbons (Fsp3) is 0.263. The maximum atomic E-state index is 14.5. The molecule has 0 unspecified atom stereocenters. The van der Waals surface area contributed by atoms with E-state index in [4.69, 9.17) is 9.47 Å². The summed E-state index contributed by atoms with van der Waals surface area (Å²) >= 11 is 0. The van der Waals surface area contributed by atoms with E-state index in [0.29, 0.717) is 39.6 Å². The molecule has 1 aromatic heterocycles. The second-order valence-electron chi connectivity index (χ2n) is 6.47. The van der Waals surface area contributed by atoms with Crippen LogP contribution in [0.1, 0.15) is 0 Å². The quantitative estimate of drug-likeness (QED) is 0.583. The van der Waals surface area contributed by atoms with Gasteiger partial charge in [0.25, 0.3) is 0 Å². The van der Waals surface area contributed by atoms with E-state index in [1.165, 1.54) is 33.7 Å². The van der Waals surface area contributed by atoms with E-state index in [9.17, 15) is 12.8 Å². The lowest BCUT2D eigenvalue weighted by Crippen LogP contribution is -2.21. The standard InChI is InChI=1S/C19H22FN5O4S/c1-21-30(26,27)17-9-13(15(25(2)3)8-12(17)20)24-19-18-14(22-10-23-19)6-11(28-4)7-16(18)29-5/h6-10,21H,1-5H3,(H,22,23,24). The van der Waals surface area contributed by atoms with Gasteiger partial charge in [0.15, 0.2) is 0 Å². The van der Waals surface area contributed by atoms with Crippen molar-refractivity contribution in [1.29, 1.82) is 0 Å². The molecule has 2 N–H and O–H groups in total. The first-order valence-corrected chi connectivity index (χ1v) is 10.3. The predicted octanol–water partition coefficient (Wildman–Crippen LogP) is 2.50. The average molecular weight is 435 g/mol. The smallest absolute Gasteiger partial charge is 0.243 e. The Morgan fingerprint density at radius 1 is 1.07 bits per heavy atom. The first-order chi connectivity index (χ1) is 14.2. The van der Waals surface area contributed by atoms with Gasteiger partial charge in [-0.15, -0.1) is 0 Å². The molecule has 3 aromatic rings. The molecule has 0 radical (unpaired) electrons. The van der Waals surface area contributed by atoms with Crippen molar-refractivity contribution in [2.24, 2.45) is 0 Å². The van der Waals surface area contributed by atoms with Gasteiger partial charge >= 0.3 is 0 Å². The lowest BCUT2D eigenvalue weighted by atomic mass is 10.2. The topological polar surface area (TPSA) is 106 Å². The Labute approximate surface area is 173 Å². The van der Waals surface area contributed by atoms with E-state index in [2.05, 4.69) is 20.0 Å². The number of nitrogens with zero attached hydrogens (tertiary/aromatic N) is 3. The van der Waals surface area contributed by atoms with Crippen molar-refractivity contribution in [3.05, 3.63) is 36.4 Å². The molecule has 0 saturated heterocycles. The van der Waals surface area contributed by atoms with Gasteiger partial charge in [-0.05, 0) is 13.1 Å². The molecule has 0 saturated carbocycles. The van der Waals surface area contributed by atoms with E-state index >= 15 is 0 Å². The number of nitrogens with one attached hydrogen (secondary N) is 2. The number of hydrogen-bond acceptors (Lipinski definition) is 8. The molecule has 0 fully saturated rings. The summed E-state index contributed by atoms with van der Waals surface area (Å²) in [7, 11) is 3.69. The number of fused-ring (bicyclic) bond motifs is 1. The zero-order chi connectivity index (χ0) is 22.1. The molecule has 0 amide bonds. The van der Waals surface area contributed by atoms with E-state index in [-0.39, 0.29) is 0 Å². The molecule has 0 aliphatic rings. The number of halogens is 1. The summed E-state index contributed by atoms with van der Waals surface area (Å²) in [6.45, 7) is 0. The molecule has 11 heteroatoms. The van der Waals surface area contributed by atoms with Crippen LogP contribution in [-0.2, 0) is 10.0 Å². The second kappa shape index (κ2) is 8.28. The lowest BCUT2D eigenvalue weighted by Gasteiger charge is -2.21. The van der Waals surface area contributed by atoms with Gasteiger partial charge in [0.2, 0.25) is 10.0 Å². The minimum atomic E-state index is -4.01. The number of ether oxygens (including phenoxy) is 2. The predicted molar refractivity (Wildman–Crippen MR) is 113 cm³/mol. The number of anilines is 3. The lowest BCUT2D eigenvalue weighted by molar-refractivity contribution is 0.398. The Morgan fingerprint density at radius 2 is 1.80 bits per heavy atom. The number of sulfonamides is 1. The minimum absolute atomic E-state index is 0.341. The maximum Gasteiger partial charge on any atom is 0.243 e. The van der Waals surface area contributed by atoms with E-state index in [1.54, 1.807) is 31.1 Å². The number of benzene rings is 2. The Kier molecular flexibility index (Phi) is 5.94. The van der Waals surface area contributed by atoms with Crippen LogP contribution in [0.4, 0.5) is 21.6 Å². The molecule has 1 heterocycles. The molecule has 0 aliphatic carbocycles. The molecule has 0 spiro atoms. The van der Waals surface area contributed by atoms with Crippen LogP contribution in [0.5, 0.6) is 11.5 Å². The van der Waals surface area contributed by atoms with Gasteiger partial charge in [0.1, 0.15) is 34.4 Å². The highest BCUT2D eigenvalue weighted by atomic mass is 32.2. The molecular formula is C19H22FN5O4S. The third-order valence-corrected chi connectivity index (χ3v) is 5.90. The minimum Gasteiger partial charge on any atom is -0.497 e. The first-order valence-electron chi connectivity index (χ1n) is 8.80. The van der Waals surface area contributed by atoms with E-state index in [0.717, 1.165) is 6.07 Å². The molecule has 0 aliphatic heterocycles. The third-order valence-electron chi connectivity index (χ3n) is 4.47. The Balaban J connectivity index is 2.23. The summed E-state index contributed by atoms with van der Waals surface area (Å²) < 4.78 is 51.9. The fourth-order valence-electron chi connectivity index (χ4n) is 2.96. The van der Waals surface area contributed by atoms with Crippen LogP contribution < -0.4 is 24.4 Å². The molecular weight excluding hydrogens is 413 g/mol. The van der Waals surface area contributed by atoms with Gasteiger partial charge in [-0.25, -0.2) is 27.5 Å². The Bertz CT molecular complexity index is 1200. The highest BCUT2D eigenvalue weighted by molar-refractivity contribution is 7.89. The summed E-state index contributed by atoms with van der Waals surface area (Å²) in [5, 5.41) is 3.66. The Hall–Kier alpha value is -3.18. The van der Waals surface area contributed by atoms with Crippen LogP contribution in [0, 0.1) is 5.82 Å². The van der Waals surface area contributed by atoms with Crippen LogP contribution in [0.3, 0.4) is 0 Å². The van der Waals surface area contributed by atoms with E-state index < -0.39 is 20.7 Å². The largest absolute Gasteiger partial charge is 0.497 e. The molecule has 0 atom stereocenters. The number of aromatic nitrogens is 2. The maximum absolute atomic E-state index is 14.5. The van der Waals surface area contributed by atoms with Crippen molar-refractivity contribution in [1.82, 2.24) is 14.7 Å². The normalized spacial score (nSPS) is 11.4.